The molecule has 0 spiro atoms. The van der Waals surface area contributed by atoms with Gasteiger partial charge in [0.2, 0.25) is 0 Å². The highest BCUT2D eigenvalue weighted by atomic mass is 16.2. The van der Waals surface area contributed by atoms with E-state index >= 15 is 0 Å². The number of nitrogens with zero attached hydrogens (tertiary/aromatic N) is 1. The molecule has 1 aliphatic rings. The van der Waals surface area contributed by atoms with E-state index in [4.69, 9.17) is 0 Å². The number of aromatic amines is 1. The number of carbonyl (C=O) groups is 1. The summed E-state index contributed by atoms with van der Waals surface area (Å²) in [6.45, 7) is 8.20. The minimum Gasteiger partial charge on any atom is -0.358 e. The van der Waals surface area contributed by atoms with Gasteiger partial charge in [-0.15, -0.1) is 0 Å². The number of rotatable bonds is 2. The van der Waals surface area contributed by atoms with E-state index in [0.29, 0.717) is 5.92 Å². The Bertz CT molecular complexity index is 656. The summed E-state index contributed by atoms with van der Waals surface area (Å²) in [5.41, 5.74) is 4.35. The highest BCUT2D eigenvalue weighted by Crippen LogP contribution is 2.25. The van der Waals surface area contributed by atoms with Gasteiger partial charge in [0.1, 0.15) is 0 Å². The van der Waals surface area contributed by atoms with Crippen LogP contribution in [-0.4, -0.2) is 28.9 Å². The molecule has 2 heterocycles. The summed E-state index contributed by atoms with van der Waals surface area (Å²) in [4.78, 5) is 17.9. The fourth-order valence-corrected chi connectivity index (χ4v) is 3.13. The Morgan fingerprint density at radius 2 is 2.20 bits per heavy atom. The molecule has 1 unspecified atom stereocenters. The molecule has 20 heavy (non-hydrogen) atoms. The first-order valence-corrected chi connectivity index (χ1v) is 7.48. The molecular formula is C17H22N2O. The third kappa shape index (κ3) is 2.11. The molecular weight excluding hydrogens is 248 g/mol. The number of fused-ring (bicyclic) bond motifs is 1. The maximum atomic E-state index is 12.6. The summed E-state index contributed by atoms with van der Waals surface area (Å²) in [6.07, 6.45) is 2.31. The molecule has 1 aromatic carbocycles. The SMILES string of the molecule is CCC1CCN(C(=O)c2ccc3[nH]c(C)c(C)c3c2)C1. The fraction of sp³-hybridized carbons (Fsp3) is 0.471. The highest BCUT2D eigenvalue weighted by molar-refractivity contribution is 5.99. The Hall–Kier alpha value is -1.77. The standard InChI is InChI=1S/C17H22N2O/c1-4-13-7-8-19(10-13)17(20)14-5-6-16-15(9-14)11(2)12(3)18-16/h5-6,9,13,18H,4,7-8,10H2,1-3H3. The number of nitrogens with one attached hydrogen (secondary N) is 1. The van der Waals surface area contributed by atoms with Crippen LogP contribution in [0.5, 0.6) is 0 Å². The van der Waals surface area contributed by atoms with Crippen molar-refractivity contribution in [2.75, 3.05) is 13.1 Å². The third-order valence-electron chi connectivity index (χ3n) is 4.71. The molecule has 0 saturated carbocycles. The van der Waals surface area contributed by atoms with Crippen LogP contribution in [0, 0.1) is 19.8 Å². The summed E-state index contributed by atoms with van der Waals surface area (Å²) < 4.78 is 0. The lowest BCUT2D eigenvalue weighted by molar-refractivity contribution is 0.0787. The second-order valence-corrected chi connectivity index (χ2v) is 5.95. The largest absolute Gasteiger partial charge is 0.358 e. The van der Waals surface area contributed by atoms with E-state index in [0.717, 1.165) is 30.6 Å². The zero-order valence-electron chi connectivity index (χ0n) is 12.5. The van der Waals surface area contributed by atoms with Crippen LogP contribution in [-0.2, 0) is 0 Å². The zero-order valence-corrected chi connectivity index (χ0v) is 12.5. The minimum atomic E-state index is 0.182. The summed E-state index contributed by atoms with van der Waals surface area (Å²) in [5.74, 6) is 0.861. The van der Waals surface area contributed by atoms with Gasteiger partial charge in [-0.2, -0.15) is 0 Å². The van der Waals surface area contributed by atoms with Gasteiger partial charge < -0.3 is 9.88 Å². The number of benzene rings is 1. The lowest BCUT2D eigenvalue weighted by Crippen LogP contribution is -2.28. The molecule has 1 N–H and O–H groups in total. The predicted molar refractivity (Wildman–Crippen MR) is 82.1 cm³/mol. The number of hydrogen-bond donors (Lipinski definition) is 1. The van der Waals surface area contributed by atoms with Gasteiger partial charge in [-0.05, 0) is 49.9 Å². The Balaban J connectivity index is 1.90. The first-order chi connectivity index (χ1) is 9.60. The topological polar surface area (TPSA) is 36.1 Å². The number of hydrogen-bond acceptors (Lipinski definition) is 1. The Morgan fingerprint density at radius 3 is 2.90 bits per heavy atom. The van der Waals surface area contributed by atoms with Gasteiger partial charge in [0.05, 0.1) is 0 Å². The lowest BCUT2D eigenvalue weighted by atomic mass is 10.1. The Kier molecular flexibility index (Phi) is 3.28. The average Bonchev–Trinajstić information content (AvgIpc) is 3.04. The van der Waals surface area contributed by atoms with E-state index in [2.05, 4.69) is 25.8 Å². The van der Waals surface area contributed by atoms with Crippen molar-refractivity contribution in [3.8, 4) is 0 Å². The second kappa shape index (κ2) is 4.97. The molecule has 1 fully saturated rings. The fourth-order valence-electron chi connectivity index (χ4n) is 3.13. The first kappa shape index (κ1) is 13.2. The van der Waals surface area contributed by atoms with E-state index in [1.165, 1.54) is 23.1 Å². The second-order valence-electron chi connectivity index (χ2n) is 5.95. The zero-order chi connectivity index (χ0) is 14.3. The van der Waals surface area contributed by atoms with Gasteiger partial charge in [0, 0.05) is 35.2 Å². The molecule has 0 aliphatic carbocycles. The molecule has 1 aromatic heterocycles. The monoisotopic (exact) mass is 270 g/mol. The highest BCUT2D eigenvalue weighted by Gasteiger charge is 2.25. The quantitative estimate of drug-likeness (QED) is 0.888. The van der Waals surface area contributed by atoms with E-state index in [1.807, 2.05) is 23.1 Å². The number of amides is 1. The number of likely N-dealkylation sites (tertiary alicyclic amines) is 1. The van der Waals surface area contributed by atoms with E-state index < -0.39 is 0 Å². The van der Waals surface area contributed by atoms with E-state index in [9.17, 15) is 4.79 Å². The van der Waals surface area contributed by atoms with Gasteiger partial charge in [0.25, 0.3) is 5.91 Å². The molecule has 2 aromatic rings. The molecule has 1 amide bonds. The number of H-pyrrole nitrogens is 1. The third-order valence-corrected chi connectivity index (χ3v) is 4.71. The number of aromatic nitrogens is 1. The molecule has 1 aliphatic heterocycles. The van der Waals surface area contributed by atoms with Gasteiger partial charge in [-0.25, -0.2) is 0 Å². The number of carbonyl (C=O) groups excluding carboxylic acids is 1. The summed E-state index contributed by atoms with van der Waals surface area (Å²) in [5, 5.41) is 1.17. The summed E-state index contributed by atoms with van der Waals surface area (Å²) in [7, 11) is 0. The van der Waals surface area contributed by atoms with Crippen molar-refractivity contribution in [3.63, 3.8) is 0 Å². The van der Waals surface area contributed by atoms with Crippen LogP contribution in [0.15, 0.2) is 18.2 Å². The van der Waals surface area contributed by atoms with Crippen LogP contribution in [0.3, 0.4) is 0 Å². The van der Waals surface area contributed by atoms with Crippen LogP contribution < -0.4 is 0 Å². The molecule has 3 rings (SSSR count). The maximum Gasteiger partial charge on any atom is 0.253 e. The van der Waals surface area contributed by atoms with Crippen molar-refractivity contribution in [2.45, 2.75) is 33.6 Å². The molecule has 1 saturated heterocycles. The van der Waals surface area contributed by atoms with Gasteiger partial charge >= 0.3 is 0 Å². The smallest absolute Gasteiger partial charge is 0.253 e. The molecule has 0 radical (unpaired) electrons. The van der Waals surface area contributed by atoms with Crippen molar-refractivity contribution in [2.24, 2.45) is 5.92 Å². The maximum absolute atomic E-state index is 12.6. The van der Waals surface area contributed by atoms with Crippen LogP contribution in [0.2, 0.25) is 0 Å². The van der Waals surface area contributed by atoms with Crippen molar-refractivity contribution in [3.05, 3.63) is 35.0 Å². The van der Waals surface area contributed by atoms with Crippen molar-refractivity contribution in [1.29, 1.82) is 0 Å². The van der Waals surface area contributed by atoms with Crippen LogP contribution in [0.4, 0.5) is 0 Å². The average molecular weight is 270 g/mol. The van der Waals surface area contributed by atoms with Crippen LogP contribution >= 0.6 is 0 Å². The normalized spacial score (nSPS) is 18.9. The minimum absolute atomic E-state index is 0.182. The first-order valence-electron chi connectivity index (χ1n) is 7.48. The molecule has 3 heteroatoms. The summed E-state index contributed by atoms with van der Waals surface area (Å²) >= 11 is 0. The predicted octanol–water partition coefficient (Wildman–Crippen LogP) is 3.66. The molecule has 3 nitrogen and oxygen atoms in total. The van der Waals surface area contributed by atoms with E-state index in [-0.39, 0.29) is 5.91 Å². The Labute approximate surface area is 120 Å². The lowest BCUT2D eigenvalue weighted by Gasteiger charge is -2.16. The van der Waals surface area contributed by atoms with Gasteiger partial charge in [-0.3, -0.25) is 4.79 Å². The molecule has 106 valence electrons. The van der Waals surface area contributed by atoms with Crippen LogP contribution in [0.25, 0.3) is 10.9 Å². The summed E-state index contributed by atoms with van der Waals surface area (Å²) in [6, 6.07) is 6.00. The molecule has 0 bridgehead atoms. The van der Waals surface area contributed by atoms with Gasteiger partial charge in [-0.1, -0.05) is 13.3 Å². The van der Waals surface area contributed by atoms with Gasteiger partial charge in [0.15, 0.2) is 0 Å². The molecule has 1 atom stereocenters. The van der Waals surface area contributed by atoms with Crippen molar-refractivity contribution < 1.29 is 4.79 Å². The van der Waals surface area contributed by atoms with Crippen molar-refractivity contribution >= 4 is 16.8 Å². The van der Waals surface area contributed by atoms with E-state index in [1.54, 1.807) is 0 Å². The van der Waals surface area contributed by atoms with Crippen LogP contribution in [0.1, 0.15) is 41.4 Å². The number of aryl methyl sites for hydroxylation is 2. The van der Waals surface area contributed by atoms with Crippen molar-refractivity contribution in [1.82, 2.24) is 9.88 Å². The Morgan fingerprint density at radius 1 is 1.40 bits per heavy atom.